The smallest absolute Gasteiger partial charge is 0.427 e. The summed E-state index contributed by atoms with van der Waals surface area (Å²) in [4.78, 5) is 20.0. The molecule has 0 aromatic heterocycles. The predicted molar refractivity (Wildman–Crippen MR) is 72.4 cm³/mol. The van der Waals surface area contributed by atoms with Gasteiger partial charge in [0.15, 0.2) is 4.90 Å². The van der Waals surface area contributed by atoms with Crippen LogP contribution in [0.1, 0.15) is 13.8 Å². The minimum absolute atomic E-state index is 0.689. The van der Waals surface area contributed by atoms with Crippen LogP contribution in [0.15, 0.2) is 29.2 Å². The van der Waals surface area contributed by atoms with Crippen LogP contribution in [0.5, 0.6) is 0 Å². The molecule has 8 nitrogen and oxygen atoms in total. The Morgan fingerprint density at radius 3 is 2.25 bits per heavy atom. The quantitative estimate of drug-likeness (QED) is 0.326. The van der Waals surface area contributed by atoms with E-state index in [4.69, 9.17) is 0 Å². The van der Waals surface area contributed by atoms with Crippen molar-refractivity contribution in [3.63, 3.8) is 0 Å². The van der Waals surface area contributed by atoms with Crippen LogP contribution in [0.3, 0.4) is 0 Å². The van der Waals surface area contributed by atoms with Gasteiger partial charge in [-0.25, -0.2) is 8.98 Å². The molecule has 0 fully saturated rings. The van der Waals surface area contributed by atoms with E-state index < -0.39 is 50.0 Å². The SMILES string of the molecule is CC(C)OC(=O)C(OS(=O)(=O)c1ccccc1[N+](=O)[O-])C(F)(F)F. The summed E-state index contributed by atoms with van der Waals surface area (Å²) in [5, 5.41) is 10.8. The summed E-state index contributed by atoms with van der Waals surface area (Å²) < 4.78 is 70.9. The Morgan fingerprint density at radius 1 is 1.25 bits per heavy atom. The van der Waals surface area contributed by atoms with Crippen molar-refractivity contribution in [3.8, 4) is 0 Å². The number of hydrogen-bond acceptors (Lipinski definition) is 7. The molecule has 0 saturated heterocycles. The third-order valence-corrected chi connectivity index (χ3v) is 3.75. The molecule has 0 N–H and O–H groups in total. The highest BCUT2D eigenvalue weighted by Crippen LogP contribution is 2.31. The number of benzene rings is 1. The van der Waals surface area contributed by atoms with Crippen LogP contribution in [0, 0.1) is 10.1 Å². The van der Waals surface area contributed by atoms with Crippen LogP contribution in [0.4, 0.5) is 18.9 Å². The zero-order valence-electron chi connectivity index (χ0n) is 12.3. The zero-order valence-corrected chi connectivity index (χ0v) is 13.1. The molecule has 0 saturated carbocycles. The first-order valence-electron chi connectivity index (χ1n) is 6.30. The van der Waals surface area contributed by atoms with Gasteiger partial charge in [0.1, 0.15) is 0 Å². The van der Waals surface area contributed by atoms with Crippen LogP contribution in [0.25, 0.3) is 0 Å². The van der Waals surface area contributed by atoms with Gasteiger partial charge in [0.05, 0.1) is 11.0 Å². The molecule has 0 heterocycles. The summed E-state index contributed by atoms with van der Waals surface area (Å²) >= 11 is 0. The van der Waals surface area contributed by atoms with Gasteiger partial charge >= 0.3 is 22.3 Å². The van der Waals surface area contributed by atoms with E-state index in [1.54, 1.807) is 0 Å². The third kappa shape index (κ3) is 4.89. The highest BCUT2D eigenvalue weighted by Gasteiger charge is 2.51. The number of alkyl halides is 3. The first-order valence-corrected chi connectivity index (χ1v) is 7.71. The van der Waals surface area contributed by atoms with Crippen molar-refractivity contribution in [2.24, 2.45) is 0 Å². The number of para-hydroxylation sites is 1. The number of carbonyl (C=O) groups is 1. The molecule has 1 rings (SSSR count). The molecule has 1 unspecified atom stereocenters. The Hall–Kier alpha value is -2.21. The number of nitro benzene ring substituents is 1. The summed E-state index contributed by atoms with van der Waals surface area (Å²) in [7, 11) is -5.26. The number of esters is 1. The molecule has 0 spiro atoms. The van der Waals surface area contributed by atoms with Crippen molar-refractivity contribution in [1.82, 2.24) is 0 Å². The first kappa shape index (κ1) is 19.8. The molecular weight excluding hydrogens is 359 g/mol. The van der Waals surface area contributed by atoms with Crippen molar-refractivity contribution < 1.29 is 40.2 Å². The first-order chi connectivity index (χ1) is 10.9. The highest BCUT2D eigenvalue weighted by atomic mass is 32.2. The van der Waals surface area contributed by atoms with Crippen molar-refractivity contribution in [2.75, 3.05) is 0 Å². The molecule has 1 aromatic carbocycles. The molecule has 0 aliphatic carbocycles. The monoisotopic (exact) mass is 371 g/mol. The Labute approximate surface area is 134 Å². The predicted octanol–water partition coefficient (Wildman–Crippen LogP) is 2.18. The average molecular weight is 371 g/mol. The molecule has 1 aromatic rings. The number of nitrogens with zero attached hydrogens (tertiary/aromatic N) is 1. The number of carbonyl (C=O) groups excluding carboxylic acids is 1. The van der Waals surface area contributed by atoms with Gasteiger partial charge in [-0.05, 0) is 19.9 Å². The molecule has 12 heteroatoms. The van der Waals surface area contributed by atoms with Crippen molar-refractivity contribution in [1.29, 1.82) is 0 Å². The van der Waals surface area contributed by atoms with Crippen molar-refractivity contribution in [3.05, 3.63) is 34.4 Å². The van der Waals surface area contributed by atoms with Gasteiger partial charge in [-0.3, -0.25) is 10.1 Å². The molecule has 134 valence electrons. The molecule has 0 aliphatic heterocycles. The third-order valence-electron chi connectivity index (χ3n) is 2.42. The van der Waals surface area contributed by atoms with E-state index in [1.807, 2.05) is 0 Å². The summed E-state index contributed by atoms with van der Waals surface area (Å²) in [6, 6.07) is 3.63. The van der Waals surface area contributed by atoms with Crippen LogP contribution in [0.2, 0.25) is 0 Å². The van der Waals surface area contributed by atoms with Gasteiger partial charge in [0, 0.05) is 6.07 Å². The van der Waals surface area contributed by atoms with E-state index in [2.05, 4.69) is 8.92 Å². The molecule has 24 heavy (non-hydrogen) atoms. The average Bonchev–Trinajstić information content (AvgIpc) is 2.42. The second-order valence-electron chi connectivity index (χ2n) is 4.68. The number of halogens is 3. The van der Waals surface area contributed by atoms with Crippen LogP contribution in [-0.2, 0) is 23.8 Å². The van der Waals surface area contributed by atoms with Gasteiger partial charge in [-0.2, -0.15) is 21.6 Å². The Kier molecular flexibility index (Phi) is 5.89. The number of ether oxygens (including phenoxy) is 1. The normalized spacial score (nSPS) is 13.6. The maximum atomic E-state index is 12.9. The molecule has 0 aliphatic rings. The van der Waals surface area contributed by atoms with E-state index in [9.17, 15) is 36.5 Å². The number of nitro groups is 1. The van der Waals surface area contributed by atoms with E-state index >= 15 is 0 Å². The van der Waals surface area contributed by atoms with Crippen LogP contribution < -0.4 is 0 Å². The van der Waals surface area contributed by atoms with E-state index in [1.165, 1.54) is 13.8 Å². The van der Waals surface area contributed by atoms with Gasteiger partial charge < -0.3 is 4.74 Å². The largest absolute Gasteiger partial charge is 0.461 e. The fraction of sp³-hybridized carbons (Fsp3) is 0.417. The molecule has 0 radical (unpaired) electrons. The Balaban J connectivity index is 3.27. The van der Waals surface area contributed by atoms with Gasteiger partial charge in [-0.1, -0.05) is 12.1 Å². The van der Waals surface area contributed by atoms with E-state index in [0.29, 0.717) is 6.07 Å². The van der Waals surface area contributed by atoms with Crippen LogP contribution >= 0.6 is 0 Å². The summed E-state index contributed by atoms with van der Waals surface area (Å²) in [6.07, 6.45) is -9.80. The minimum atomic E-state index is -5.40. The van der Waals surface area contributed by atoms with Gasteiger partial charge in [0.25, 0.3) is 11.8 Å². The van der Waals surface area contributed by atoms with E-state index in [0.717, 1.165) is 18.2 Å². The maximum absolute atomic E-state index is 12.9. The topological polar surface area (TPSA) is 113 Å². The molecular formula is C12H12F3NO7S. The number of hydrogen-bond donors (Lipinski definition) is 0. The Morgan fingerprint density at radius 2 is 1.79 bits per heavy atom. The highest BCUT2D eigenvalue weighted by molar-refractivity contribution is 7.87. The number of rotatable bonds is 6. The second-order valence-corrected chi connectivity index (χ2v) is 6.22. The van der Waals surface area contributed by atoms with Crippen molar-refractivity contribution in [2.45, 2.75) is 37.1 Å². The Bertz CT molecular complexity index is 730. The summed E-state index contributed by atoms with van der Waals surface area (Å²) in [5.41, 5.74) is -0.990. The minimum Gasteiger partial charge on any atom is -0.461 e. The van der Waals surface area contributed by atoms with Gasteiger partial charge in [0.2, 0.25) is 0 Å². The van der Waals surface area contributed by atoms with Crippen LogP contribution in [-0.4, -0.2) is 37.7 Å². The zero-order chi connectivity index (χ0) is 18.7. The second kappa shape index (κ2) is 7.13. The summed E-state index contributed by atoms with van der Waals surface area (Å²) in [6.45, 7) is 2.50. The summed E-state index contributed by atoms with van der Waals surface area (Å²) in [5.74, 6) is -1.97. The lowest BCUT2D eigenvalue weighted by Gasteiger charge is -2.20. The molecule has 1 atom stereocenters. The molecule has 0 amide bonds. The van der Waals surface area contributed by atoms with Crippen molar-refractivity contribution >= 4 is 21.8 Å². The van der Waals surface area contributed by atoms with E-state index in [-0.39, 0.29) is 0 Å². The lowest BCUT2D eigenvalue weighted by Crippen LogP contribution is -2.42. The maximum Gasteiger partial charge on any atom is 0.427 e. The van der Waals surface area contributed by atoms with Gasteiger partial charge in [-0.15, -0.1) is 0 Å². The molecule has 0 bridgehead atoms. The lowest BCUT2D eigenvalue weighted by molar-refractivity contribution is -0.388. The standard InChI is InChI=1S/C12H12F3NO7S/c1-7(2)22-11(17)10(12(13,14)15)23-24(20,21)9-6-4-3-5-8(9)16(18)19/h3-7,10H,1-2H3. The lowest BCUT2D eigenvalue weighted by atomic mass is 10.3. The fourth-order valence-corrected chi connectivity index (χ4v) is 2.71. The fourth-order valence-electron chi connectivity index (χ4n) is 1.52.